The Labute approximate surface area is 123 Å². The number of halogens is 1. The minimum atomic E-state index is -0.333. The number of hydrogen-bond donors (Lipinski definition) is 3. The Morgan fingerprint density at radius 1 is 1.45 bits per heavy atom. The highest BCUT2D eigenvalue weighted by atomic mass is 35.5. The van der Waals surface area contributed by atoms with Gasteiger partial charge in [-0.25, -0.2) is 0 Å². The summed E-state index contributed by atoms with van der Waals surface area (Å²) in [7, 11) is 0. The molecule has 0 bridgehead atoms. The number of nitrogens with zero attached hydrogens (tertiary/aromatic N) is 1. The van der Waals surface area contributed by atoms with Crippen LogP contribution in [0.1, 0.15) is 19.8 Å². The van der Waals surface area contributed by atoms with E-state index in [1.165, 1.54) is 0 Å². The molecule has 0 saturated carbocycles. The van der Waals surface area contributed by atoms with Gasteiger partial charge >= 0.3 is 0 Å². The molecule has 0 aliphatic carbocycles. The monoisotopic (exact) mass is 294 g/mol. The highest BCUT2D eigenvalue weighted by molar-refractivity contribution is 6.02. The van der Waals surface area contributed by atoms with E-state index in [1.54, 1.807) is 6.20 Å². The summed E-state index contributed by atoms with van der Waals surface area (Å²) in [5, 5.41) is 14.3. The second kappa shape index (κ2) is 5.81. The molecule has 3 rings (SSSR count). The van der Waals surface area contributed by atoms with Gasteiger partial charge in [-0.3, -0.25) is 9.89 Å². The first-order chi connectivity index (χ1) is 9.19. The molecule has 1 unspecified atom stereocenters. The predicted molar refractivity (Wildman–Crippen MR) is 82.2 cm³/mol. The molecule has 108 valence electrons. The largest absolute Gasteiger partial charge is 0.324 e. The number of nitrogens with one attached hydrogen (secondary N) is 3. The fourth-order valence-electron chi connectivity index (χ4n) is 2.60. The molecule has 1 fully saturated rings. The molecule has 0 radical (unpaired) electrons. The van der Waals surface area contributed by atoms with Crippen LogP contribution in [0.5, 0.6) is 0 Å². The van der Waals surface area contributed by atoms with Crippen LogP contribution in [0.4, 0.5) is 5.69 Å². The fraction of sp³-hybridized carbons (Fsp3) is 0.429. The third-order valence-electron chi connectivity index (χ3n) is 3.87. The van der Waals surface area contributed by atoms with Gasteiger partial charge in [-0.2, -0.15) is 5.10 Å². The lowest BCUT2D eigenvalue weighted by molar-refractivity contribution is -0.125. The highest BCUT2D eigenvalue weighted by Crippen LogP contribution is 2.28. The van der Waals surface area contributed by atoms with E-state index < -0.39 is 0 Å². The molecule has 6 heteroatoms. The second-order valence-corrected chi connectivity index (χ2v) is 5.43. The van der Waals surface area contributed by atoms with Gasteiger partial charge in [0.2, 0.25) is 5.91 Å². The van der Waals surface area contributed by atoms with Crippen LogP contribution < -0.4 is 10.6 Å². The SMILES string of the molecule is CC1(C(=O)Nc2cccc3cn[nH]c23)CCCNC1.Cl. The molecule has 1 aromatic heterocycles. The van der Waals surface area contributed by atoms with Crippen molar-refractivity contribution < 1.29 is 4.79 Å². The van der Waals surface area contributed by atoms with Crippen molar-refractivity contribution >= 4 is 34.9 Å². The molecule has 1 atom stereocenters. The number of aromatic nitrogens is 2. The molecule has 3 N–H and O–H groups in total. The molecule has 1 amide bonds. The van der Waals surface area contributed by atoms with Crippen LogP contribution in [-0.2, 0) is 4.79 Å². The summed E-state index contributed by atoms with van der Waals surface area (Å²) in [6.07, 6.45) is 3.72. The maximum atomic E-state index is 12.5. The third kappa shape index (κ3) is 2.64. The van der Waals surface area contributed by atoms with Crippen LogP contribution >= 0.6 is 12.4 Å². The lowest BCUT2D eigenvalue weighted by Gasteiger charge is -2.32. The van der Waals surface area contributed by atoms with Gasteiger partial charge in [0.1, 0.15) is 0 Å². The molecule has 5 nitrogen and oxygen atoms in total. The average molecular weight is 295 g/mol. The number of anilines is 1. The van der Waals surface area contributed by atoms with Crippen molar-refractivity contribution in [1.29, 1.82) is 0 Å². The van der Waals surface area contributed by atoms with Gasteiger partial charge in [-0.1, -0.05) is 12.1 Å². The van der Waals surface area contributed by atoms with Crippen LogP contribution in [-0.4, -0.2) is 29.2 Å². The van der Waals surface area contributed by atoms with E-state index >= 15 is 0 Å². The normalized spacial score (nSPS) is 22.2. The Hall–Kier alpha value is -1.59. The van der Waals surface area contributed by atoms with Crippen LogP contribution in [0, 0.1) is 5.41 Å². The van der Waals surface area contributed by atoms with Crippen molar-refractivity contribution in [2.75, 3.05) is 18.4 Å². The Morgan fingerprint density at radius 2 is 2.30 bits per heavy atom. The highest BCUT2D eigenvalue weighted by Gasteiger charge is 2.34. The smallest absolute Gasteiger partial charge is 0.231 e. The van der Waals surface area contributed by atoms with Crippen LogP contribution in [0.15, 0.2) is 24.4 Å². The van der Waals surface area contributed by atoms with E-state index in [4.69, 9.17) is 0 Å². The quantitative estimate of drug-likeness (QED) is 0.796. The van der Waals surface area contributed by atoms with E-state index in [-0.39, 0.29) is 23.7 Å². The average Bonchev–Trinajstić information content (AvgIpc) is 2.89. The minimum absolute atomic E-state index is 0. The number of rotatable bonds is 2. The maximum Gasteiger partial charge on any atom is 0.231 e. The van der Waals surface area contributed by atoms with E-state index in [2.05, 4.69) is 20.8 Å². The topological polar surface area (TPSA) is 69.8 Å². The van der Waals surface area contributed by atoms with Gasteiger partial charge in [0.05, 0.1) is 22.8 Å². The van der Waals surface area contributed by atoms with Gasteiger partial charge < -0.3 is 10.6 Å². The van der Waals surface area contributed by atoms with Gasteiger partial charge in [-0.15, -0.1) is 12.4 Å². The molecule has 0 spiro atoms. The van der Waals surface area contributed by atoms with Crippen molar-refractivity contribution in [3.8, 4) is 0 Å². The molecule has 2 heterocycles. The van der Waals surface area contributed by atoms with Crippen LogP contribution in [0.3, 0.4) is 0 Å². The molecule has 1 aliphatic heterocycles. The first-order valence-electron chi connectivity index (χ1n) is 6.63. The Bertz CT molecular complexity index is 604. The van der Waals surface area contributed by atoms with Gasteiger partial charge in [-0.05, 0) is 32.4 Å². The number of carbonyl (C=O) groups is 1. The number of amides is 1. The van der Waals surface area contributed by atoms with E-state index in [0.29, 0.717) is 0 Å². The molecule has 2 aromatic rings. The van der Waals surface area contributed by atoms with Crippen LogP contribution in [0.25, 0.3) is 10.9 Å². The fourth-order valence-corrected chi connectivity index (χ4v) is 2.60. The number of H-pyrrole nitrogens is 1. The van der Waals surface area contributed by atoms with Crippen molar-refractivity contribution in [2.45, 2.75) is 19.8 Å². The van der Waals surface area contributed by atoms with Gasteiger partial charge in [0.25, 0.3) is 0 Å². The molecule has 20 heavy (non-hydrogen) atoms. The van der Waals surface area contributed by atoms with E-state index in [0.717, 1.165) is 42.5 Å². The zero-order valence-corrected chi connectivity index (χ0v) is 12.2. The lowest BCUT2D eigenvalue weighted by atomic mass is 9.82. The zero-order valence-electron chi connectivity index (χ0n) is 11.4. The maximum absolute atomic E-state index is 12.5. The van der Waals surface area contributed by atoms with Crippen LogP contribution in [0.2, 0.25) is 0 Å². The summed E-state index contributed by atoms with van der Waals surface area (Å²) < 4.78 is 0. The molecular weight excluding hydrogens is 276 g/mol. The number of hydrogen-bond acceptors (Lipinski definition) is 3. The van der Waals surface area contributed by atoms with Gasteiger partial charge in [0.15, 0.2) is 0 Å². The number of fused-ring (bicyclic) bond motifs is 1. The standard InChI is InChI=1S/C14H18N4O.ClH/c1-14(6-3-7-15-9-14)13(19)17-11-5-2-4-10-8-16-18-12(10)11;/h2,4-5,8,15H,3,6-7,9H2,1H3,(H,16,18)(H,17,19);1H. The number of para-hydroxylation sites is 1. The second-order valence-electron chi connectivity index (χ2n) is 5.43. The summed E-state index contributed by atoms with van der Waals surface area (Å²) in [5.41, 5.74) is 1.34. The summed E-state index contributed by atoms with van der Waals surface area (Å²) in [6, 6.07) is 5.80. The van der Waals surface area contributed by atoms with E-state index in [1.807, 2.05) is 25.1 Å². The van der Waals surface area contributed by atoms with Crippen molar-refractivity contribution in [3.63, 3.8) is 0 Å². The summed E-state index contributed by atoms with van der Waals surface area (Å²) in [5.74, 6) is 0.0711. The summed E-state index contributed by atoms with van der Waals surface area (Å²) >= 11 is 0. The Morgan fingerprint density at radius 3 is 3.05 bits per heavy atom. The Balaban J connectivity index is 0.00000147. The molecule has 1 aromatic carbocycles. The summed E-state index contributed by atoms with van der Waals surface area (Å²) in [4.78, 5) is 12.5. The number of benzene rings is 1. The van der Waals surface area contributed by atoms with Gasteiger partial charge in [0, 0.05) is 11.9 Å². The predicted octanol–water partition coefficient (Wildman–Crippen LogP) is 2.31. The molecule has 1 saturated heterocycles. The Kier molecular flexibility index (Phi) is 4.30. The zero-order chi connectivity index (χ0) is 13.3. The molecular formula is C14H19ClN4O. The summed E-state index contributed by atoms with van der Waals surface area (Å²) in [6.45, 7) is 3.75. The van der Waals surface area contributed by atoms with Crippen molar-refractivity contribution in [2.24, 2.45) is 5.41 Å². The van der Waals surface area contributed by atoms with Crippen molar-refractivity contribution in [1.82, 2.24) is 15.5 Å². The minimum Gasteiger partial charge on any atom is -0.324 e. The number of aromatic amines is 1. The third-order valence-corrected chi connectivity index (χ3v) is 3.87. The first-order valence-corrected chi connectivity index (χ1v) is 6.63. The number of piperidine rings is 1. The van der Waals surface area contributed by atoms with Crippen molar-refractivity contribution in [3.05, 3.63) is 24.4 Å². The number of carbonyl (C=O) groups excluding carboxylic acids is 1. The first kappa shape index (κ1) is 14.8. The molecule has 1 aliphatic rings. The lowest BCUT2D eigenvalue weighted by Crippen LogP contribution is -2.46. The van der Waals surface area contributed by atoms with E-state index in [9.17, 15) is 4.79 Å².